The lowest BCUT2D eigenvalue weighted by molar-refractivity contribution is -0.144. The van der Waals surface area contributed by atoms with Crippen LogP contribution in [0, 0.1) is 0 Å². The third-order valence-electron chi connectivity index (χ3n) is 3.88. The quantitative estimate of drug-likeness (QED) is 0.726. The van der Waals surface area contributed by atoms with E-state index in [-0.39, 0.29) is 27.9 Å². The first kappa shape index (κ1) is 22.3. The van der Waals surface area contributed by atoms with Gasteiger partial charge in [-0.1, -0.05) is 17.7 Å². The van der Waals surface area contributed by atoms with Crippen molar-refractivity contribution in [3.05, 3.63) is 50.8 Å². The van der Waals surface area contributed by atoms with E-state index in [0.717, 1.165) is 19.2 Å². The van der Waals surface area contributed by atoms with E-state index in [1.807, 2.05) is 18.2 Å². The summed E-state index contributed by atoms with van der Waals surface area (Å²) in [4.78, 5) is 24.6. The summed E-state index contributed by atoms with van der Waals surface area (Å²) in [6.45, 7) is 3.89. The number of carbonyl (C=O) groups excluding carboxylic acids is 1. The van der Waals surface area contributed by atoms with Gasteiger partial charge in [0.25, 0.3) is 5.91 Å². The van der Waals surface area contributed by atoms with Crippen molar-refractivity contribution in [2.24, 2.45) is 7.05 Å². The van der Waals surface area contributed by atoms with E-state index in [4.69, 9.17) is 11.6 Å². The lowest BCUT2D eigenvalue weighted by Gasteiger charge is -2.19. The van der Waals surface area contributed by atoms with Crippen molar-refractivity contribution in [3.8, 4) is 11.3 Å². The topological polar surface area (TPSA) is 67.2 Å². The minimum absolute atomic E-state index is 0.0765. The zero-order valence-corrected chi connectivity index (χ0v) is 17.0. The molecule has 28 heavy (non-hydrogen) atoms. The average molecular weight is 435 g/mol. The first-order valence-corrected chi connectivity index (χ1v) is 9.22. The van der Waals surface area contributed by atoms with Gasteiger partial charge in [0.1, 0.15) is 11.4 Å². The van der Waals surface area contributed by atoms with Gasteiger partial charge in [0.05, 0.1) is 10.6 Å². The molecule has 1 heterocycles. The summed E-state index contributed by atoms with van der Waals surface area (Å²) in [5.41, 5.74) is -2.03. The molecule has 2 aromatic rings. The van der Waals surface area contributed by atoms with Gasteiger partial charge in [-0.15, -0.1) is 0 Å². The Kier molecular flexibility index (Phi) is 6.79. The molecule has 2 rings (SSSR count). The van der Waals surface area contributed by atoms with Gasteiger partial charge in [0.2, 0.25) is 5.43 Å². The fourth-order valence-electron chi connectivity index (χ4n) is 2.12. The Morgan fingerprint density at radius 2 is 1.96 bits per heavy atom. The molecule has 0 spiro atoms. The fraction of sp³-hybridized carbons (Fsp3) is 0.353. The van der Waals surface area contributed by atoms with Crippen LogP contribution in [0.25, 0.3) is 11.3 Å². The second-order valence-corrected chi connectivity index (χ2v) is 7.59. The van der Waals surface area contributed by atoms with Crippen molar-refractivity contribution >= 4 is 29.6 Å². The van der Waals surface area contributed by atoms with Gasteiger partial charge >= 0.3 is 6.18 Å². The molecule has 152 valence electrons. The third-order valence-corrected chi connectivity index (χ3v) is 5.20. The second kappa shape index (κ2) is 8.54. The number of amides is 1. The monoisotopic (exact) mass is 434 g/mol. The molecule has 0 aliphatic heterocycles. The zero-order chi connectivity index (χ0) is 21.2. The number of rotatable bonds is 5. The van der Waals surface area contributed by atoms with E-state index in [1.165, 1.54) is 18.2 Å². The minimum Gasteiger partial charge on any atom is -0.287 e. The van der Waals surface area contributed by atoms with Crippen LogP contribution in [0.15, 0.2) is 29.1 Å². The SMILES string of the molecule is CC(C)N(C)SNC(=O)c1cc(-c2nn(C)c(C(F)(F)F)cc2=O)ccc1Cl. The molecule has 1 amide bonds. The average Bonchev–Trinajstić information content (AvgIpc) is 2.60. The summed E-state index contributed by atoms with van der Waals surface area (Å²) in [6.07, 6.45) is -4.70. The predicted molar refractivity (Wildman–Crippen MR) is 103 cm³/mol. The Bertz CT molecular complexity index is 947. The van der Waals surface area contributed by atoms with Gasteiger partial charge in [0.15, 0.2) is 0 Å². The number of hydrogen-bond acceptors (Lipinski definition) is 5. The largest absolute Gasteiger partial charge is 0.433 e. The number of alkyl halides is 3. The van der Waals surface area contributed by atoms with Crippen molar-refractivity contribution in [1.82, 2.24) is 18.8 Å². The number of nitrogens with one attached hydrogen (secondary N) is 1. The lowest BCUT2D eigenvalue weighted by atomic mass is 10.1. The maximum atomic E-state index is 12.9. The summed E-state index contributed by atoms with van der Waals surface area (Å²) in [5, 5.41) is 3.87. The van der Waals surface area contributed by atoms with Crippen LogP contribution in [0.5, 0.6) is 0 Å². The molecular weight excluding hydrogens is 417 g/mol. The molecule has 0 bridgehead atoms. The van der Waals surface area contributed by atoms with Gasteiger partial charge in [-0.25, -0.2) is 4.31 Å². The van der Waals surface area contributed by atoms with Crippen LogP contribution in [0.2, 0.25) is 5.02 Å². The fourth-order valence-corrected chi connectivity index (χ4v) is 2.88. The lowest BCUT2D eigenvalue weighted by Crippen LogP contribution is -2.27. The van der Waals surface area contributed by atoms with Crippen molar-refractivity contribution < 1.29 is 18.0 Å². The molecule has 0 unspecified atom stereocenters. The van der Waals surface area contributed by atoms with Gasteiger partial charge in [-0.05, 0) is 33.0 Å². The Hall–Kier alpha value is -2.04. The highest BCUT2D eigenvalue weighted by atomic mass is 35.5. The van der Waals surface area contributed by atoms with Gasteiger partial charge in [0, 0.05) is 36.9 Å². The van der Waals surface area contributed by atoms with Crippen LogP contribution in [0.1, 0.15) is 29.9 Å². The van der Waals surface area contributed by atoms with Crippen LogP contribution < -0.4 is 10.2 Å². The number of nitrogens with zero attached hydrogens (tertiary/aromatic N) is 3. The van der Waals surface area contributed by atoms with Crippen molar-refractivity contribution in [3.63, 3.8) is 0 Å². The molecular formula is C17H18ClF3N4O2S. The standard InChI is InChI=1S/C17H18ClF3N4O2S/c1-9(2)25(4)28-23-16(27)11-7-10(5-6-12(11)18)15-13(26)8-14(17(19,20)21)24(3)22-15/h5-9H,1-4H3,(H,23,27). The van der Waals surface area contributed by atoms with E-state index in [2.05, 4.69) is 9.82 Å². The number of carbonyl (C=O) groups is 1. The third kappa shape index (κ3) is 5.06. The molecule has 1 aromatic heterocycles. The summed E-state index contributed by atoms with van der Waals surface area (Å²) in [7, 11) is 2.89. The van der Waals surface area contributed by atoms with Crippen LogP contribution in [-0.2, 0) is 13.2 Å². The number of benzene rings is 1. The Morgan fingerprint density at radius 3 is 2.54 bits per heavy atom. The van der Waals surface area contributed by atoms with Crippen molar-refractivity contribution in [1.29, 1.82) is 0 Å². The molecule has 6 nitrogen and oxygen atoms in total. The highest BCUT2D eigenvalue weighted by molar-refractivity contribution is 7.95. The Labute approximate surface area is 168 Å². The minimum atomic E-state index is -4.70. The van der Waals surface area contributed by atoms with Crippen LogP contribution >= 0.6 is 23.7 Å². The molecule has 0 saturated heterocycles. The summed E-state index contributed by atoms with van der Waals surface area (Å²) >= 11 is 7.15. The van der Waals surface area contributed by atoms with Gasteiger partial charge < -0.3 is 0 Å². The highest BCUT2D eigenvalue weighted by Crippen LogP contribution is 2.29. The molecule has 11 heteroatoms. The molecule has 0 aliphatic rings. The summed E-state index contributed by atoms with van der Waals surface area (Å²) in [6, 6.07) is 4.78. The molecule has 0 aliphatic carbocycles. The first-order chi connectivity index (χ1) is 12.9. The zero-order valence-electron chi connectivity index (χ0n) is 15.5. The van der Waals surface area contributed by atoms with Crippen LogP contribution in [0.4, 0.5) is 13.2 Å². The van der Waals surface area contributed by atoms with Crippen molar-refractivity contribution in [2.75, 3.05) is 7.05 Å². The van der Waals surface area contributed by atoms with Crippen LogP contribution in [-0.4, -0.2) is 33.1 Å². The molecule has 1 N–H and O–H groups in total. The normalized spacial score (nSPS) is 11.9. The Balaban J connectivity index is 2.39. The number of aromatic nitrogens is 2. The Morgan fingerprint density at radius 1 is 1.32 bits per heavy atom. The molecule has 0 fully saturated rings. The number of halogens is 4. The van der Waals surface area contributed by atoms with Crippen LogP contribution in [0.3, 0.4) is 0 Å². The molecule has 0 saturated carbocycles. The molecule has 0 atom stereocenters. The maximum absolute atomic E-state index is 12.9. The molecule has 1 aromatic carbocycles. The van der Waals surface area contributed by atoms with E-state index in [9.17, 15) is 22.8 Å². The van der Waals surface area contributed by atoms with Gasteiger partial charge in [-0.3, -0.25) is 19.0 Å². The van der Waals surface area contributed by atoms with Gasteiger partial charge in [-0.2, -0.15) is 18.3 Å². The predicted octanol–water partition coefficient (Wildman–Crippen LogP) is 3.75. The van der Waals surface area contributed by atoms with Crippen molar-refractivity contribution in [2.45, 2.75) is 26.1 Å². The molecule has 0 radical (unpaired) electrons. The smallest absolute Gasteiger partial charge is 0.287 e. The maximum Gasteiger partial charge on any atom is 0.433 e. The summed E-state index contributed by atoms with van der Waals surface area (Å²) < 4.78 is 43.8. The van der Waals surface area contributed by atoms with E-state index >= 15 is 0 Å². The van der Waals surface area contributed by atoms with E-state index in [0.29, 0.717) is 10.7 Å². The highest BCUT2D eigenvalue weighted by Gasteiger charge is 2.34. The second-order valence-electron chi connectivity index (χ2n) is 6.22. The van der Waals surface area contributed by atoms with E-state index < -0.39 is 23.2 Å². The first-order valence-electron chi connectivity index (χ1n) is 8.07. The number of hydrogen-bond donors (Lipinski definition) is 1. The summed E-state index contributed by atoms with van der Waals surface area (Å²) in [5.74, 6) is -0.506. The number of aryl methyl sites for hydroxylation is 1. The van der Waals surface area contributed by atoms with E-state index in [1.54, 1.807) is 7.05 Å².